The number of ketones is 1. The summed E-state index contributed by atoms with van der Waals surface area (Å²) in [5.41, 5.74) is 0.156. The molecule has 0 bridgehead atoms. The molecule has 84 valence electrons. The zero-order chi connectivity index (χ0) is 11.6. The van der Waals surface area contributed by atoms with Crippen LogP contribution in [0, 0.1) is 16.7 Å². The topological polar surface area (TPSA) is 17.1 Å². The van der Waals surface area contributed by atoms with Gasteiger partial charge in [0.2, 0.25) is 0 Å². The molecule has 0 heterocycles. The van der Waals surface area contributed by atoms with E-state index in [1.165, 1.54) is 0 Å². The van der Waals surface area contributed by atoms with Gasteiger partial charge in [0.25, 0.3) is 0 Å². The van der Waals surface area contributed by atoms with Crippen LogP contribution in [0.25, 0.3) is 0 Å². The molecule has 0 aliphatic rings. The highest BCUT2D eigenvalue weighted by Gasteiger charge is 2.24. The molecule has 0 aromatic rings. The second kappa shape index (κ2) is 4.46. The Morgan fingerprint density at radius 3 is 1.79 bits per heavy atom. The summed E-state index contributed by atoms with van der Waals surface area (Å²) in [5, 5.41) is 0. The fourth-order valence-corrected chi connectivity index (χ4v) is 1.74. The van der Waals surface area contributed by atoms with Crippen molar-refractivity contribution in [3.63, 3.8) is 0 Å². The Balaban J connectivity index is 4.09. The minimum Gasteiger partial charge on any atom is -0.299 e. The third-order valence-electron chi connectivity index (χ3n) is 2.33. The van der Waals surface area contributed by atoms with Gasteiger partial charge in [-0.2, -0.15) is 0 Å². The summed E-state index contributed by atoms with van der Waals surface area (Å²) in [4.78, 5) is 11.8. The van der Waals surface area contributed by atoms with Crippen molar-refractivity contribution < 1.29 is 4.79 Å². The Hall–Kier alpha value is -0.330. The van der Waals surface area contributed by atoms with E-state index < -0.39 is 0 Å². The first kappa shape index (κ1) is 13.7. The Morgan fingerprint density at radius 2 is 1.50 bits per heavy atom. The van der Waals surface area contributed by atoms with E-state index in [-0.39, 0.29) is 5.41 Å². The number of Topliss-reactive ketones (excluding diaryl/α,β-unsaturated/α-hetero) is 1. The van der Waals surface area contributed by atoms with Crippen LogP contribution in [0.3, 0.4) is 0 Å². The summed E-state index contributed by atoms with van der Waals surface area (Å²) in [5.74, 6) is 0.885. The fraction of sp³-hybridized carbons (Fsp3) is 0.923. The molecule has 0 spiro atoms. The second-order valence-electron chi connectivity index (χ2n) is 6.75. The maximum atomic E-state index is 11.8. The molecule has 0 radical (unpaired) electrons. The fourth-order valence-electron chi connectivity index (χ4n) is 1.74. The van der Waals surface area contributed by atoms with Gasteiger partial charge in [0, 0.05) is 11.8 Å². The Kier molecular flexibility index (Phi) is 4.35. The lowest BCUT2D eigenvalue weighted by molar-refractivity contribution is -0.127. The maximum absolute atomic E-state index is 11.8. The quantitative estimate of drug-likeness (QED) is 0.668. The minimum absolute atomic E-state index is 0.174. The third kappa shape index (κ3) is 6.17. The van der Waals surface area contributed by atoms with E-state index in [0.717, 1.165) is 12.8 Å². The molecule has 1 unspecified atom stereocenters. The van der Waals surface area contributed by atoms with Gasteiger partial charge < -0.3 is 0 Å². The number of carbonyl (C=O) groups excluding carboxylic acids is 1. The van der Waals surface area contributed by atoms with Crippen LogP contribution in [0.2, 0.25) is 0 Å². The van der Waals surface area contributed by atoms with Gasteiger partial charge in [-0.1, -0.05) is 48.5 Å². The van der Waals surface area contributed by atoms with Gasteiger partial charge in [0.1, 0.15) is 5.78 Å². The van der Waals surface area contributed by atoms with Crippen molar-refractivity contribution in [2.75, 3.05) is 0 Å². The molecule has 0 amide bonds. The molecule has 14 heavy (non-hydrogen) atoms. The van der Waals surface area contributed by atoms with E-state index in [2.05, 4.69) is 27.7 Å². The molecule has 0 saturated carbocycles. The average Bonchev–Trinajstić information content (AvgIpc) is 1.79. The normalized spacial score (nSPS) is 15.4. The van der Waals surface area contributed by atoms with Gasteiger partial charge in [-0.3, -0.25) is 4.79 Å². The van der Waals surface area contributed by atoms with Crippen LogP contribution >= 0.6 is 0 Å². The minimum atomic E-state index is -0.174. The lowest BCUT2D eigenvalue weighted by atomic mass is 9.79. The monoisotopic (exact) mass is 198 g/mol. The first-order chi connectivity index (χ1) is 6.02. The summed E-state index contributed by atoms with van der Waals surface area (Å²) in [6, 6.07) is 0. The molecule has 0 aromatic heterocycles. The highest BCUT2D eigenvalue weighted by Crippen LogP contribution is 2.28. The van der Waals surface area contributed by atoms with Gasteiger partial charge in [-0.25, -0.2) is 0 Å². The smallest absolute Gasteiger partial charge is 0.138 e. The zero-order valence-electron chi connectivity index (χ0n) is 10.9. The molecule has 0 rings (SSSR count). The van der Waals surface area contributed by atoms with Crippen molar-refractivity contribution in [1.82, 2.24) is 0 Å². The number of rotatable bonds is 3. The molecular weight excluding hydrogens is 172 g/mol. The molecular formula is C13H26O. The first-order valence-corrected chi connectivity index (χ1v) is 5.56. The molecule has 1 atom stereocenters. The highest BCUT2D eigenvalue weighted by atomic mass is 16.1. The van der Waals surface area contributed by atoms with Crippen molar-refractivity contribution in [3.05, 3.63) is 0 Å². The Labute approximate surface area is 89.3 Å². The van der Waals surface area contributed by atoms with Crippen molar-refractivity contribution in [2.24, 2.45) is 16.7 Å². The first-order valence-electron chi connectivity index (χ1n) is 5.56. The third-order valence-corrected chi connectivity index (χ3v) is 2.33. The van der Waals surface area contributed by atoms with E-state index in [9.17, 15) is 4.79 Å². The molecule has 0 N–H and O–H groups in total. The number of hydrogen-bond acceptors (Lipinski definition) is 1. The molecule has 0 saturated heterocycles. The van der Waals surface area contributed by atoms with Crippen molar-refractivity contribution in [1.29, 1.82) is 0 Å². The summed E-state index contributed by atoms with van der Waals surface area (Å²) in [6.07, 6.45) is 1.84. The summed E-state index contributed by atoms with van der Waals surface area (Å²) < 4.78 is 0. The molecule has 1 heteroatoms. The molecule has 0 aliphatic heterocycles. The highest BCUT2D eigenvalue weighted by molar-refractivity contribution is 5.83. The van der Waals surface area contributed by atoms with Crippen LogP contribution in [0.4, 0.5) is 0 Å². The van der Waals surface area contributed by atoms with E-state index in [1.54, 1.807) is 0 Å². The van der Waals surface area contributed by atoms with Crippen LogP contribution in [-0.2, 0) is 4.79 Å². The van der Waals surface area contributed by atoms with Gasteiger partial charge in [0.05, 0.1) is 0 Å². The number of hydrogen-bond donors (Lipinski definition) is 0. The summed E-state index contributed by atoms with van der Waals surface area (Å²) in [7, 11) is 0. The van der Waals surface area contributed by atoms with Gasteiger partial charge >= 0.3 is 0 Å². The van der Waals surface area contributed by atoms with Crippen LogP contribution in [-0.4, -0.2) is 5.78 Å². The van der Waals surface area contributed by atoms with Gasteiger partial charge in [-0.15, -0.1) is 0 Å². The van der Waals surface area contributed by atoms with Gasteiger partial charge in [-0.05, 0) is 17.8 Å². The molecule has 0 aromatic carbocycles. The predicted octanol–water partition coefficient (Wildman–Crippen LogP) is 4.06. The summed E-state index contributed by atoms with van der Waals surface area (Å²) in [6.45, 7) is 14.9. The van der Waals surface area contributed by atoms with E-state index in [4.69, 9.17) is 0 Å². The average molecular weight is 198 g/mol. The van der Waals surface area contributed by atoms with E-state index >= 15 is 0 Å². The van der Waals surface area contributed by atoms with E-state index in [0.29, 0.717) is 17.1 Å². The molecule has 0 aliphatic carbocycles. The predicted molar refractivity (Wildman–Crippen MR) is 62.3 cm³/mol. The standard InChI is InChI=1S/C13H26O/c1-10(9-12(2,3)4)8-11(14)13(5,6)7/h10H,8-9H2,1-7H3. The number of carbonyl (C=O) groups is 1. The lowest BCUT2D eigenvalue weighted by Crippen LogP contribution is -2.23. The lowest BCUT2D eigenvalue weighted by Gasteiger charge is -2.25. The summed E-state index contributed by atoms with van der Waals surface area (Å²) >= 11 is 0. The maximum Gasteiger partial charge on any atom is 0.138 e. The van der Waals surface area contributed by atoms with Crippen LogP contribution < -0.4 is 0 Å². The van der Waals surface area contributed by atoms with Gasteiger partial charge in [0.15, 0.2) is 0 Å². The largest absolute Gasteiger partial charge is 0.299 e. The van der Waals surface area contributed by atoms with Crippen LogP contribution in [0.15, 0.2) is 0 Å². The zero-order valence-corrected chi connectivity index (χ0v) is 10.9. The Morgan fingerprint density at radius 1 is 1.07 bits per heavy atom. The van der Waals surface area contributed by atoms with Crippen molar-refractivity contribution in [3.8, 4) is 0 Å². The molecule has 0 fully saturated rings. The van der Waals surface area contributed by atoms with Crippen molar-refractivity contribution in [2.45, 2.75) is 61.3 Å². The van der Waals surface area contributed by atoms with Crippen LogP contribution in [0.1, 0.15) is 61.3 Å². The molecule has 1 nitrogen and oxygen atoms in total. The van der Waals surface area contributed by atoms with E-state index in [1.807, 2.05) is 20.8 Å². The van der Waals surface area contributed by atoms with Crippen molar-refractivity contribution >= 4 is 5.78 Å². The van der Waals surface area contributed by atoms with Crippen LogP contribution in [0.5, 0.6) is 0 Å². The SMILES string of the molecule is CC(CC(=O)C(C)(C)C)CC(C)(C)C. The second-order valence-corrected chi connectivity index (χ2v) is 6.75. The Bertz CT molecular complexity index is 190.